The van der Waals surface area contributed by atoms with Crippen molar-refractivity contribution >= 4 is 40.6 Å². The molecule has 0 spiro atoms. The molecule has 2 aliphatic heterocycles. The predicted molar refractivity (Wildman–Crippen MR) is 130 cm³/mol. The third-order valence-corrected chi connectivity index (χ3v) is 6.37. The number of benzene rings is 2. The molecule has 2 fully saturated rings. The molecule has 2 aromatic carbocycles. The first kappa shape index (κ1) is 22.7. The summed E-state index contributed by atoms with van der Waals surface area (Å²) in [6.45, 7) is 6.32. The molecule has 33 heavy (non-hydrogen) atoms. The van der Waals surface area contributed by atoms with Gasteiger partial charge in [-0.05, 0) is 47.7 Å². The molecule has 0 saturated carbocycles. The van der Waals surface area contributed by atoms with Gasteiger partial charge in [0.2, 0.25) is 5.91 Å². The highest BCUT2D eigenvalue weighted by Gasteiger charge is 2.37. The molecule has 2 aromatic rings. The van der Waals surface area contributed by atoms with E-state index < -0.39 is 11.1 Å². The van der Waals surface area contributed by atoms with Crippen LogP contribution in [0.5, 0.6) is 5.75 Å². The largest absolute Gasteiger partial charge is 0.490 e. The Balaban J connectivity index is 1.34. The van der Waals surface area contributed by atoms with E-state index in [0.29, 0.717) is 43.4 Å². The number of ether oxygens (including phenoxy) is 1. The molecule has 0 aromatic heterocycles. The van der Waals surface area contributed by atoms with Gasteiger partial charge >= 0.3 is 0 Å². The van der Waals surface area contributed by atoms with Crippen molar-refractivity contribution in [1.82, 2.24) is 9.80 Å². The maximum Gasteiger partial charge on any atom is 0.294 e. The Labute approximate surface area is 197 Å². The second-order valence-electron chi connectivity index (χ2n) is 7.64. The Kier molecular flexibility index (Phi) is 7.14. The molecule has 170 valence electrons. The van der Waals surface area contributed by atoms with Crippen LogP contribution < -0.4 is 9.64 Å². The van der Waals surface area contributed by atoms with Gasteiger partial charge in [-0.2, -0.15) is 0 Å². The number of amides is 3. The number of hydrogen-bond donors (Lipinski definition) is 0. The first-order valence-corrected chi connectivity index (χ1v) is 11.5. The van der Waals surface area contributed by atoms with E-state index in [-0.39, 0.29) is 12.5 Å². The van der Waals surface area contributed by atoms with Crippen LogP contribution in [0, 0.1) is 0 Å². The molecule has 0 atom stereocenters. The highest BCUT2D eigenvalue weighted by Crippen LogP contribution is 2.32. The minimum Gasteiger partial charge on any atom is -0.490 e. The fourth-order valence-corrected chi connectivity index (χ4v) is 4.53. The number of carbonyl (C=O) groups excluding carboxylic acids is 3. The Morgan fingerprint density at radius 3 is 2.36 bits per heavy atom. The number of hydrogen-bond acceptors (Lipinski definition) is 6. The average Bonchev–Trinajstić information content (AvgIpc) is 3.11. The number of piperazine rings is 1. The van der Waals surface area contributed by atoms with Crippen LogP contribution in [0.3, 0.4) is 0 Å². The SMILES string of the molecule is C=CCOc1ccc(C=C2SC(=O)N(CC(=O)N3CCN(c4ccccc4)CC3)C2=O)cc1. The average molecular weight is 464 g/mol. The highest BCUT2D eigenvalue weighted by atomic mass is 32.2. The molecular formula is C25H25N3O4S. The van der Waals surface area contributed by atoms with Gasteiger partial charge in [0, 0.05) is 31.9 Å². The third-order valence-electron chi connectivity index (χ3n) is 5.47. The summed E-state index contributed by atoms with van der Waals surface area (Å²) >= 11 is 0.856. The molecule has 2 aliphatic rings. The number of thioether (sulfide) groups is 1. The number of nitrogens with zero attached hydrogens (tertiary/aromatic N) is 3. The number of carbonyl (C=O) groups is 3. The molecule has 0 radical (unpaired) electrons. The summed E-state index contributed by atoms with van der Waals surface area (Å²) in [6, 6.07) is 17.3. The van der Waals surface area contributed by atoms with Crippen LogP contribution in [0.4, 0.5) is 10.5 Å². The van der Waals surface area contributed by atoms with Crippen LogP contribution in [-0.4, -0.2) is 66.2 Å². The zero-order chi connectivity index (χ0) is 23.2. The second kappa shape index (κ2) is 10.4. The topological polar surface area (TPSA) is 70.2 Å². The standard InChI is InChI=1S/C25H25N3O4S/c1-2-16-32-21-10-8-19(9-11-21)17-22-24(30)28(25(31)33-22)18-23(29)27-14-12-26(13-15-27)20-6-4-3-5-7-20/h2-11,17H,1,12-16,18H2. The van der Waals surface area contributed by atoms with Gasteiger partial charge < -0.3 is 14.5 Å². The van der Waals surface area contributed by atoms with E-state index in [9.17, 15) is 14.4 Å². The number of anilines is 1. The summed E-state index contributed by atoms with van der Waals surface area (Å²) < 4.78 is 5.45. The fraction of sp³-hybridized carbons (Fsp3) is 0.240. The lowest BCUT2D eigenvalue weighted by molar-refractivity contribution is -0.136. The van der Waals surface area contributed by atoms with Crippen LogP contribution in [0.1, 0.15) is 5.56 Å². The Hall–Kier alpha value is -3.52. The second-order valence-corrected chi connectivity index (χ2v) is 8.63. The lowest BCUT2D eigenvalue weighted by Crippen LogP contribution is -2.51. The summed E-state index contributed by atoms with van der Waals surface area (Å²) in [5, 5.41) is -0.423. The molecule has 0 bridgehead atoms. The molecule has 8 heteroatoms. The summed E-state index contributed by atoms with van der Waals surface area (Å²) in [5.41, 5.74) is 1.90. The molecule has 0 N–H and O–H groups in total. The minimum absolute atomic E-state index is 0.213. The zero-order valence-corrected chi connectivity index (χ0v) is 19.0. The van der Waals surface area contributed by atoms with E-state index >= 15 is 0 Å². The minimum atomic E-state index is -0.437. The van der Waals surface area contributed by atoms with Crippen molar-refractivity contribution in [3.05, 3.63) is 77.7 Å². The first-order valence-electron chi connectivity index (χ1n) is 10.7. The van der Waals surface area contributed by atoms with E-state index in [2.05, 4.69) is 11.5 Å². The lowest BCUT2D eigenvalue weighted by Gasteiger charge is -2.36. The molecule has 0 aliphatic carbocycles. The van der Waals surface area contributed by atoms with E-state index in [1.807, 2.05) is 42.5 Å². The summed E-state index contributed by atoms with van der Waals surface area (Å²) in [6.07, 6.45) is 3.32. The van der Waals surface area contributed by atoms with Gasteiger partial charge in [0.25, 0.3) is 11.1 Å². The van der Waals surface area contributed by atoms with Gasteiger partial charge in [-0.15, -0.1) is 0 Å². The van der Waals surface area contributed by atoms with Crippen molar-refractivity contribution in [3.8, 4) is 5.75 Å². The number of imide groups is 1. The van der Waals surface area contributed by atoms with Crippen molar-refractivity contribution in [2.24, 2.45) is 0 Å². The molecule has 3 amide bonds. The van der Waals surface area contributed by atoms with Gasteiger partial charge in [-0.25, -0.2) is 0 Å². The molecule has 2 saturated heterocycles. The molecule has 0 unspecified atom stereocenters. The van der Waals surface area contributed by atoms with E-state index in [1.54, 1.807) is 29.2 Å². The molecule has 2 heterocycles. The van der Waals surface area contributed by atoms with Crippen molar-refractivity contribution in [1.29, 1.82) is 0 Å². The van der Waals surface area contributed by atoms with Gasteiger partial charge in [0.15, 0.2) is 0 Å². The maximum atomic E-state index is 12.8. The fourth-order valence-electron chi connectivity index (χ4n) is 3.69. The summed E-state index contributed by atoms with van der Waals surface area (Å²) in [4.78, 5) is 43.3. The Bertz CT molecular complexity index is 1060. The van der Waals surface area contributed by atoms with E-state index in [0.717, 1.165) is 27.9 Å². The van der Waals surface area contributed by atoms with Gasteiger partial charge in [-0.1, -0.05) is 43.0 Å². The number of rotatable bonds is 7. The van der Waals surface area contributed by atoms with Crippen LogP contribution in [0.25, 0.3) is 6.08 Å². The van der Waals surface area contributed by atoms with Crippen molar-refractivity contribution in [2.45, 2.75) is 0 Å². The molecular weight excluding hydrogens is 438 g/mol. The smallest absolute Gasteiger partial charge is 0.294 e. The maximum absolute atomic E-state index is 12.8. The predicted octanol–water partition coefficient (Wildman–Crippen LogP) is 3.64. The van der Waals surface area contributed by atoms with Crippen molar-refractivity contribution in [2.75, 3.05) is 44.2 Å². The third kappa shape index (κ3) is 5.46. The molecule has 4 rings (SSSR count). The van der Waals surface area contributed by atoms with Gasteiger partial charge in [0.05, 0.1) is 4.91 Å². The zero-order valence-electron chi connectivity index (χ0n) is 18.2. The van der Waals surface area contributed by atoms with Gasteiger partial charge in [-0.3, -0.25) is 19.3 Å². The van der Waals surface area contributed by atoms with E-state index in [1.165, 1.54) is 0 Å². The van der Waals surface area contributed by atoms with Crippen LogP contribution in [0.15, 0.2) is 72.2 Å². The summed E-state index contributed by atoms with van der Waals surface area (Å²) in [5.74, 6) is 0.0429. The quantitative estimate of drug-likeness (QED) is 0.461. The highest BCUT2D eigenvalue weighted by molar-refractivity contribution is 8.18. The first-order chi connectivity index (χ1) is 16.0. The normalized spacial score (nSPS) is 17.6. The van der Waals surface area contributed by atoms with Crippen LogP contribution >= 0.6 is 11.8 Å². The Morgan fingerprint density at radius 1 is 1.00 bits per heavy atom. The van der Waals surface area contributed by atoms with Crippen LogP contribution in [0.2, 0.25) is 0 Å². The summed E-state index contributed by atoms with van der Waals surface area (Å²) in [7, 11) is 0. The monoisotopic (exact) mass is 463 g/mol. The molecule has 7 nitrogen and oxygen atoms in total. The van der Waals surface area contributed by atoms with Crippen molar-refractivity contribution < 1.29 is 19.1 Å². The van der Waals surface area contributed by atoms with Crippen LogP contribution in [-0.2, 0) is 9.59 Å². The number of para-hydroxylation sites is 1. The Morgan fingerprint density at radius 2 is 1.70 bits per heavy atom. The van der Waals surface area contributed by atoms with Gasteiger partial charge in [0.1, 0.15) is 18.9 Å². The van der Waals surface area contributed by atoms with Crippen molar-refractivity contribution in [3.63, 3.8) is 0 Å². The van der Waals surface area contributed by atoms with E-state index in [4.69, 9.17) is 4.74 Å². The lowest BCUT2D eigenvalue weighted by atomic mass is 10.2.